The van der Waals surface area contributed by atoms with Crippen LogP contribution in [0.1, 0.15) is 91.0 Å². The highest BCUT2D eigenvalue weighted by atomic mass is 16.3. The molecule has 0 unspecified atom stereocenters. The van der Waals surface area contributed by atoms with Crippen molar-refractivity contribution < 1.29 is 24.6 Å². The third-order valence-corrected chi connectivity index (χ3v) is 8.66. The molecule has 1 aromatic rings. The van der Waals surface area contributed by atoms with Gasteiger partial charge in [-0.1, -0.05) is 90.1 Å². The maximum Gasteiger partial charge on any atom is 0.243 e. The lowest BCUT2D eigenvalue weighted by Gasteiger charge is -2.33. The predicted octanol–water partition coefficient (Wildman–Crippen LogP) is 3.42. The number of aliphatic hydroxyl groups is 2. The van der Waals surface area contributed by atoms with E-state index < -0.39 is 42.0 Å². The molecule has 252 valence electrons. The van der Waals surface area contributed by atoms with Gasteiger partial charge in [-0.15, -0.1) is 12.3 Å². The van der Waals surface area contributed by atoms with E-state index in [0.717, 1.165) is 31.2 Å². The molecule has 1 aliphatic carbocycles. The molecule has 2 rings (SSSR count). The van der Waals surface area contributed by atoms with E-state index in [-0.39, 0.29) is 24.7 Å². The number of hydrogen-bond acceptors (Lipinski definition) is 6. The number of nitrogens with one attached hydrogen (secondary N) is 3. The van der Waals surface area contributed by atoms with Gasteiger partial charge in [0.25, 0.3) is 0 Å². The summed E-state index contributed by atoms with van der Waals surface area (Å²) in [7, 11) is 1.72. The lowest BCUT2D eigenvalue weighted by atomic mass is 9.82. The molecule has 0 saturated heterocycles. The van der Waals surface area contributed by atoms with E-state index in [1.54, 1.807) is 11.9 Å². The third kappa shape index (κ3) is 14.4. The molecular weight excluding hydrogens is 568 g/mol. The largest absolute Gasteiger partial charge is 0.390 e. The topological polar surface area (TPSA) is 131 Å². The summed E-state index contributed by atoms with van der Waals surface area (Å²) in [5.74, 6) is 1.19. The second kappa shape index (κ2) is 20.2. The van der Waals surface area contributed by atoms with Crippen LogP contribution in [0, 0.1) is 30.1 Å². The number of amides is 3. The molecule has 5 atom stereocenters. The Balaban J connectivity index is 2.20. The van der Waals surface area contributed by atoms with E-state index in [2.05, 4.69) is 21.9 Å². The van der Waals surface area contributed by atoms with E-state index in [1.807, 2.05) is 58.0 Å². The number of benzene rings is 1. The van der Waals surface area contributed by atoms with E-state index in [0.29, 0.717) is 44.3 Å². The van der Waals surface area contributed by atoms with E-state index in [1.165, 1.54) is 6.42 Å². The first kappa shape index (κ1) is 38.3. The maximum atomic E-state index is 13.7. The summed E-state index contributed by atoms with van der Waals surface area (Å²) in [6, 6.07) is 8.05. The highest BCUT2D eigenvalue weighted by Gasteiger charge is 2.34. The normalized spacial score (nSPS) is 17.2. The van der Waals surface area contributed by atoms with Gasteiger partial charge in [-0.05, 0) is 36.7 Å². The Morgan fingerprint density at radius 3 is 2.27 bits per heavy atom. The van der Waals surface area contributed by atoms with Crippen molar-refractivity contribution in [1.29, 1.82) is 0 Å². The van der Waals surface area contributed by atoms with Gasteiger partial charge < -0.3 is 31.1 Å². The fourth-order valence-electron chi connectivity index (χ4n) is 6.02. The van der Waals surface area contributed by atoms with Gasteiger partial charge in [0.1, 0.15) is 12.1 Å². The van der Waals surface area contributed by atoms with Crippen molar-refractivity contribution >= 4 is 17.7 Å². The van der Waals surface area contributed by atoms with Gasteiger partial charge in [-0.25, -0.2) is 0 Å². The first-order valence-electron chi connectivity index (χ1n) is 16.8. The van der Waals surface area contributed by atoms with Crippen LogP contribution in [0.25, 0.3) is 0 Å². The molecule has 1 aliphatic rings. The molecule has 0 radical (unpaired) electrons. The highest BCUT2D eigenvalue weighted by molar-refractivity contribution is 5.91. The van der Waals surface area contributed by atoms with Crippen LogP contribution in [0.2, 0.25) is 0 Å². The monoisotopic (exact) mass is 626 g/mol. The van der Waals surface area contributed by atoms with E-state index in [9.17, 15) is 24.6 Å². The van der Waals surface area contributed by atoms with Crippen LogP contribution < -0.4 is 16.0 Å². The minimum Gasteiger partial charge on any atom is -0.390 e. The molecular formula is C36H58N4O5. The number of terminal acetylenes is 1. The summed E-state index contributed by atoms with van der Waals surface area (Å²) < 4.78 is 0. The van der Waals surface area contributed by atoms with Gasteiger partial charge in [-0.2, -0.15) is 0 Å². The van der Waals surface area contributed by atoms with Crippen LogP contribution in [0.15, 0.2) is 30.3 Å². The number of carbonyl (C=O) groups excluding carboxylic acids is 3. The number of likely N-dealkylation sites (N-methyl/N-ethyl adjacent to an activating group) is 1. The Bertz CT molecular complexity index is 1070. The van der Waals surface area contributed by atoms with E-state index in [4.69, 9.17) is 6.42 Å². The summed E-state index contributed by atoms with van der Waals surface area (Å²) >= 11 is 0. The Morgan fingerprint density at radius 1 is 1.00 bits per heavy atom. The molecule has 1 saturated carbocycles. The smallest absolute Gasteiger partial charge is 0.243 e. The van der Waals surface area contributed by atoms with Crippen molar-refractivity contribution in [3.8, 4) is 12.3 Å². The number of rotatable bonds is 19. The second-order valence-corrected chi connectivity index (χ2v) is 13.5. The summed E-state index contributed by atoms with van der Waals surface area (Å²) in [6.07, 6.45) is 10.1. The molecule has 1 aromatic carbocycles. The summed E-state index contributed by atoms with van der Waals surface area (Å²) in [5.41, 5.74) is 0.905. The zero-order chi connectivity index (χ0) is 33.4. The molecule has 45 heavy (non-hydrogen) atoms. The van der Waals surface area contributed by atoms with Crippen molar-refractivity contribution in [2.24, 2.45) is 17.8 Å². The molecule has 0 aliphatic heterocycles. The Labute approximate surface area is 271 Å². The fourth-order valence-corrected chi connectivity index (χ4v) is 6.02. The molecule has 3 amide bonds. The lowest BCUT2D eigenvalue weighted by molar-refractivity contribution is -0.136. The van der Waals surface area contributed by atoms with Crippen LogP contribution in [0.4, 0.5) is 0 Å². The van der Waals surface area contributed by atoms with Crippen LogP contribution in [0.5, 0.6) is 0 Å². The number of aliphatic hydroxyl groups excluding tert-OH is 2. The predicted molar refractivity (Wildman–Crippen MR) is 179 cm³/mol. The quantitative estimate of drug-likeness (QED) is 0.150. The zero-order valence-corrected chi connectivity index (χ0v) is 28.1. The Hall–Kier alpha value is -2.93. The van der Waals surface area contributed by atoms with Crippen LogP contribution in [0.3, 0.4) is 0 Å². The van der Waals surface area contributed by atoms with Gasteiger partial charge in [-0.3, -0.25) is 14.4 Å². The Morgan fingerprint density at radius 2 is 1.67 bits per heavy atom. The molecule has 9 heteroatoms. The molecule has 5 N–H and O–H groups in total. The number of hydrogen-bond donors (Lipinski definition) is 5. The molecule has 0 heterocycles. The van der Waals surface area contributed by atoms with Crippen LogP contribution in [-0.4, -0.2) is 83.3 Å². The van der Waals surface area contributed by atoms with Crippen LogP contribution >= 0.6 is 0 Å². The molecule has 1 fully saturated rings. The SMILES string of the molecule is C#CC[C@H](NC(=O)[C@@H](CC(=O)N(C)CCNC(C)C)Cc1ccccc1)C(=O)N[C@@H](CC1CCCCC1)[C@@H](O)[C@@H](O)CC(C)C. The summed E-state index contributed by atoms with van der Waals surface area (Å²) in [6.45, 7) is 9.17. The summed E-state index contributed by atoms with van der Waals surface area (Å²) in [5, 5.41) is 31.0. The molecule has 0 spiro atoms. The fraction of sp³-hybridized carbons (Fsp3) is 0.694. The van der Waals surface area contributed by atoms with Crippen LogP contribution in [-0.2, 0) is 20.8 Å². The summed E-state index contributed by atoms with van der Waals surface area (Å²) in [4.78, 5) is 42.2. The first-order valence-corrected chi connectivity index (χ1v) is 16.8. The van der Waals surface area contributed by atoms with Gasteiger partial charge in [0.2, 0.25) is 17.7 Å². The average molecular weight is 627 g/mol. The minimum atomic E-state index is -1.15. The standard InChI is InChI=1S/C36H58N4O5/c1-7-14-30(36(45)39-31(23-28-17-12-9-13-18-28)34(43)32(41)21-25(2)3)38-35(44)29(22-27-15-10-8-11-16-27)24-33(42)40(6)20-19-37-26(4)5/h1,8,10-11,15-16,25-26,28-32,34,37,41,43H,9,12-14,17-24H2,2-6H3,(H,38,44)(H,39,45)/t29-,30+,31+,32+,34-/m1/s1. The molecule has 0 bridgehead atoms. The van der Waals surface area contributed by atoms with E-state index >= 15 is 0 Å². The van der Waals surface area contributed by atoms with Crippen molar-refractivity contribution in [3.05, 3.63) is 35.9 Å². The van der Waals surface area contributed by atoms with Crippen molar-refractivity contribution in [2.75, 3.05) is 20.1 Å². The van der Waals surface area contributed by atoms with Crippen molar-refractivity contribution in [1.82, 2.24) is 20.9 Å². The Kier molecular flexibility index (Phi) is 17.2. The highest BCUT2D eigenvalue weighted by Crippen LogP contribution is 2.29. The van der Waals surface area contributed by atoms with Gasteiger partial charge in [0.15, 0.2) is 0 Å². The number of carbonyl (C=O) groups is 3. The van der Waals surface area contributed by atoms with Gasteiger partial charge in [0.05, 0.1) is 18.1 Å². The van der Waals surface area contributed by atoms with Gasteiger partial charge >= 0.3 is 0 Å². The maximum absolute atomic E-state index is 13.7. The van der Waals surface area contributed by atoms with Gasteiger partial charge in [0, 0.05) is 39.0 Å². The molecule has 9 nitrogen and oxygen atoms in total. The lowest BCUT2D eigenvalue weighted by Crippen LogP contribution is -2.56. The number of nitrogens with zero attached hydrogens (tertiary/aromatic N) is 1. The zero-order valence-electron chi connectivity index (χ0n) is 28.1. The average Bonchev–Trinajstić information content (AvgIpc) is 3.00. The van der Waals surface area contributed by atoms with Crippen molar-refractivity contribution in [3.63, 3.8) is 0 Å². The first-order chi connectivity index (χ1) is 21.4. The second-order valence-electron chi connectivity index (χ2n) is 13.5. The van der Waals surface area contributed by atoms with Crippen molar-refractivity contribution in [2.45, 2.75) is 122 Å². The molecule has 0 aromatic heterocycles. The minimum absolute atomic E-state index is 0.0201. The third-order valence-electron chi connectivity index (χ3n) is 8.66.